The van der Waals surface area contributed by atoms with Crippen molar-refractivity contribution < 1.29 is 0 Å². The van der Waals surface area contributed by atoms with Gasteiger partial charge < -0.3 is 5.73 Å². The quantitative estimate of drug-likeness (QED) is 0.775. The summed E-state index contributed by atoms with van der Waals surface area (Å²) in [5.41, 5.74) is 11.7. The van der Waals surface area contributed by atoms with Crippen LogP contribution in [0, 0.1) is 6.92 Å². The Morgan fingerprint density at radius 2 is 1.86 bits per heavy atom. The molecule has 0 fully saturated rings. The van der Waals surface area contributed by atoms with Crippen molar-refractivity contribution in [2.24, 2.45) is 0 Å². The lowest BCUT2D eigenvalue weighted by Crippen LogP contribution is -2.00. The van der Waals surface area contributed by atoms with Gasteiger partial charge in [0.05, 0.1) is 11.0 Å². The zero-order chi connectivity index (χ0) is 14.8. The van der Waals surface area contributed by atoms with Crippen LogP contribution in [0.5, 0.6) is 0 Å². The van der Waals surface area contributed by atoms with Crippen LogP contribution < -0.4 is 5.73 Å². The molecule has 0 aliphatic heterocycles. The fourth-order valence-electron chi connectivity index (χ4n) is 2.67. The van der Waals surface area contributed by atoms with Gasteiger partial charge in [0.25, 0.3) is 0 Å². The number of imidazole rings is 1. The van der Waals surface area contributed by atoms with E-state index in [2.05, 4.69) is 61.3 Å². The first-order chi connectivity index (χ1) is 10.2. The molecule has 0 spiro atoms. The molecule has 1 aromatic heterocycles. The van der Waals surface area contributed by atoms with Gasteiger partial charge in [0, 0.05) is 5.69 Å². The Kier molecular flexibility index (Phi) is 3.65. The summed E-state index contributed by atoms with van der Waals surface area (Å²) in [6.45, 7) is 4.28. The van der Waals surface area contributed by atoms with E-state index in [1.807, 2.05) is 4.57 Å². The van der Waals surface area contributed by atoms with Gasteiger partial charge in [0.15, 0.2) is 0 Å². The second-order valence-electron chi connectivity index (χ2n) is 5.57. The first-order valence-corrected chi connectivity index (χ1v) is 7.53. The molecule has 0 atom stereocenters. The topological polar surface area (TPSA) is 43.8 Å². The number of hydrogen-bond donors (Lipinski definition) is 1. The summed E-state index contributed by atoms with van der Waals surface area (Å²) < 4.78 is 2.01. The van der Waals surface area contributed by atoms with E-state index in [9.17, 15) is 0 Å². The molecule has 0 saturated heterocycles. The van der Waals surface area contributed by atoms with Gasteiger partial charge in [-0.25, -0.2) is 4.98 Å². The van der Waals surface area contributed by atoms with Crippen molar-refractivity contribution in [3.05, 3.63) is 53.6 Å². The number of unbranched alkanes of at least 4 members (excludes halogenated alkanes) is 1. The summed E-state index contributed by atoms with van der Waals surface area (Å²) in [7, 11) is 0. The Bertz CT molecular complexity index is 754. The Labute approximate surface area is 125 Å². The average molecular weight is 279 g/mol. The molecular formula is C18H21N3. The third-order valence-corrected chi connectivity index (χ3v) is 3.85. The SMILES string of the molecule is CCCCc1ccc(-n2c(N)nc3cc(C)ccc32)cc1. The van der Waals surface area contributed by atoms with Crippen LogP contribution in [-0.4, -0.2) is 9.55 Å². The minimum Gasteiger partial charge on any atom is -0.369 e. The zero-order valence-corrected chi connectivity index (χ0v) is 12.6. The number of fused-ring (bicyclic) bond motifs is 1. The zero-order valence-electron chi connectivity index (χ0n) is 12.6. The van der Waals surface area contributed by atoms with Gasteiger partial charge in [-0.15, -0.1) is 0 Å². The van der Waals surface area contributed by atoms with Gasteiger partial charge in [-0.05, 0) is 55.2 Å². The molecule has 0 saturated carbocycles. The van der Waals surface area contributed by atoms with Crippen LogP contribution in [0.15, 0.2) is 42.5 Å². The van der Waals surface area contributed by atoms with Gasteiger partial charge >= 0.3 is 0 Å². The molecule has 2 N–H and O–H groups in total. The number of aryl methyl sites for hydroxylation is 2. The molecule has 0 aliphatic carbocycles. The van der Waals surface area contributed by atoms with Crippen LogP contribution in [0.1, 0.15) is 30.9 Å². The van der Waals surface area contributed by atoms with Crippen molar-refractivity contribution in [2.45, 2.75) is 33.1 Å². The van der Waals surface area contributed by atoms with E-state index in [0.29, 0.717) is 5.95 Å². The molecule has 3 nitrogen and oxygen atoms in total. The van der Waals surface area contributed by atoms with Crippen LogP contribution >= 0.6 is 0 Å². The van der Waals surface area contributed by atoms with E-state index < -0.39 is 0 Å². The number of nitrogens with two attached hydrogens (primary N) is 1. The normalized spacial score (nSPS) is 11.1. The molecule has 0 radical (unpaired) electrons. The molecule has 0 bridgehead atoms. The molecule has 1 heterocycles. The predicted octanol–water partition coefficient (Wildman–Crippen LogP) is 4.26. The average Bonchev–Trinajstić information content (AvgIpc) is 2.80. The largest absolute Gasteiger partial charge is 0.369 e. The number of nitrogens with zero attached hydrogens (tertiary/aromatic N) is 2. The van der Waals surface area contributed by atoms with Crippen LogP contribution in [0.2, 0.25) is 0 Å². The van der Waals surface area contributed by atoms with Gasteiger partial charge in [-0.1, -0.05) is 31.5 Å². The standard InChI is InChI=1S/C18H21N3/c1-3-4-5-14-7-9-15(10-8-14)21-17-11-6-13(2)12-16(17)20-18(21)19/h6-12H,3-5H2,1-2H3,(H2,19,20). The van der Waals surface area contributed by atoms with Crippen LogP contribution in [0.4, 0.5) is 5.95 Å². The summed E-state index contributed by atoms with van der Waals surface area (Å²) >= 11 is 0. The molecule has 2 aromatic carbocycles. The highest BCUT2D eigenvalue weighted by molar-refractivity contribution is 5.81. The number of rotatable bonds is 4. The predicted molar refractivity (Wildman–Crippen MR) is 88.8 cm³/mol. The van der Waals surface area contributed by atoms with Crippen LogP contribution in [0.3, 0.4) is 0 Å². The molecule has 21 heavy (non-hydrogen) atoms. The number of benzene rings is 2. The highest BCUT2D eigenvalue weighted by Crippen LogP contribution is 2.24. The van der Waals surface area contributed by atoms with Crippen molar-refractivity contribution in [3.8, 4) is 5.69 Å². The maximum atomic E-state index is 6.11. The fraction of sp³-hybridized carbons (Fsp3) is 0.278. The molecule has 0 aliphatic rings. The van der Waals surface area contributed by atoms with Gasteiger partial charge in [-0.3, -0.25) is 4.57 Å². The molecule has 0 amide bonds. The molecule has 3 aromatic rings. The number of hydrogen-bond acceptors (Lipinski definition) is 2. The first-order valence-electron chi connectivity index (χ1n) is 7.53. The summed E-state index contributed by atoms with van der Waals surface area (Å²) in [6.07, 6.45) is 3.59. The Morgan fingerprint density at radius 1 is 1.10 bits per heavy atom. The molecule has 3 heteroatoms. The second-order valence-corrected chi connectivity index (χ2v) is 5.57. The third-order valence-electron chi connectivity index (χ3n) is 3.85. The summed E-state index contributed by atoms with van der Waals surface area (Å²) in [5, 5.41) is 0. The van der Waals surface area contributed by atoms with E-state index >= 15 is 0 Å². The number of aromatic nitrogens is 2. The maximum absolute atomic E-state index is 6.11. The van der Waals surface area contributed by atoms with Crippen molar-refractivity contribution in [1.29, 1.82) is 0 Å². The molecular weight excluding hydrogens is 258 g/mol. The Balaban J connectivity index is 2.01. The van der Waals surface area contributed by atoms with Crippen molar-refractivity contribution in [2.75, 3.05) is 5.73 Å². The van der Waals surface area contributed by atoms with E-state index in [4.69, 9.17) is 5.73 Å². The van der Waals surface area contributed by atoms with Crippen molar-refractivity contribution in [3.63, 3.8) is 0 Å². The summed E-state index contributed by atoms with van der Waals surface area (Å²) in [5.74, 6) is 0.539. The Morgan fingerprint density at radius 3 is 2.57 bits per heavy atom. The van der Waals surface area contributed by atoms with Crippen molar-refractivity contribution >= 4 is 17.0 Å². The van der Waals surface area contributed by atoms with Gasteiger partial charge in [0.2, 0.25) is 5.95 Å². The summed E-state index contributed by atoms with van der Waals surface area (Å²) in [4.78, 5) is 4.46. The highest BCUT2D eigenvalue weighted by atomic mass is 15.2. The highest BCUT2D eigenvalue weighted by Gasteiger charge is 2.09. The fourth-order valence-corrected chi connectivity index (χ4v) is 2.67. The minimum atomic E-state index is 0.539. The van der Waals surface area contributed by atoms with Crippen LogP contribution in [-0.2, 0) is 6.42 Å². The minimum absolute atomic E-state index is 0.539. The monoisotopic (exact) mass is 279 g/mol. The number of nitrogen functional groups attached to an aromatic ring is 1. The molecule has 3 rings (SSSR count). The Hall–Kier alpha value is -2.29. The first kappa shape index (κ1) is 13.7. The van der Waals surface area contributed by atoms with E-state index in [-0.39, 0.29) is 0 Å². The van der Waals surface area contributed by atoms with E-state index in [1.165, 1.54) is 24.0 Å². The lowest BCUT2D eigenvalue weighted by molar-refractivity contribution is 0.795. The van der Waals surface area contributed by atoms with E-state index in [1.54, 1.807) is 0 Å². The molecule has 108 valence electrons. The number of anilines is 1. The van der Waals surface area contributed by atoms with Gasteiger partial charge in [-0.2, -0.15) is 0 Å². The van der Waals surface area contributed by atoms with Crippen LogP contribution in [0.25, 0.3) is 16.7 Å². The molecule has 0 unspecified atom stereocenters. The lowest BCUT2D eigenvalue weighted by atomic mass is 10.1. The van der Waals surface area contributed by atoms with Crippen molar-refractivity contribution in [1.82, 2.24) is 9.55 Å². The third kappa shape index (κ3) is 2.64. The summed E-state index contributed by atoms with van der Waals surface area (Å²) in [6, 6.07) is 14.9. The second kappa shape index (κ2) is 5.60. The lowest BCUT2D eigenvalue weighted by Gasteiger charge is -2.08. The van der Waals surface area contributed by atoms with Gasteiger partial charge in [0.1, 0.15) is 0 Å². The maximum Gasteiger partial charge on any atom is 0.205 e. The smallest absolute Gasteiger partial charge is 0.205 e. The van der Waals surface area contributed by atoms with E-state index in [0.717, 1.165) is 23.1 Å².